The largest absolute Gasteiger partial charge is 0.495 e. The summed E-state index contributed by atoms with van der Waals surface area (Å²) in [6.07, 6.45) is 1.96. The summed E-state index contributed by atoms with van der Waals surface area (Å²) in [6.45, 7) is 0.248. The van der Waals surface area contributed by atoms with E-state index in [1.807, 2.05) is 6.07 Å². The first-order chi connectivity index (χ1) is 7.65. The van der Waals surface area contributed by atoms with Crippen LogP contribution in [0.15, 0.2) is 10.5 Å². The molecule has 86 valence electrons. The van der Waals surface area contributed by atoms with Gasteiger partial charge in [-0.3, -0.25) is 0 Å². The van der Waals surface area contributed by atoms with Gasteiger partial charge in [-0.15, -0.1) is 0 Å². The van der Waals surface area contributed by atoms with E-state index < -0.39 is 0 Å². The molecule has 16 heavy (non-hydrogen) atoms. The summed E-state index contributed by atoms with van der Waals surface area (Å²) in [5, 5.41) is 0. The molecule has 1 aromatic rings. The monoisotopic (exact) mass is 285 g/mol. The van der Waals surface area contributed by atoms with Crippen LogP contribution in [-0.2, 0) is 5.54 Å². The molecule has 0 saturated heterocycles. The SMILES string of the molecule is COc1c(C2(N)CC2)cc2c(c1Br)OCO2. The summed E-state index contributed by atoms with van der Waals surface area (Å²) in [7, 11) is 1.64. The molecule has 0 amide bonds. The molecule has 1 aliphatic carbocycles. The number of nitrogens with two attached hydrogens (primary N) is 1. The second-order valence-corrected chi connectivity index (χ2v) is 4.95. The summed E-state index contributed by atoms with van der Waals surface area (Å²) < 4.78 is 16.9. The molecule has 2 N–H and O–H groups in total. The molecular formula is C11H12BrNO3. The van der Waals surface area contributed by atoms with Crippen molar-refractivity contribution in [2.45, 2.75) is 18.4 Å². The molecule has 1 saturated carbocycles. The Morgan fingerprint density at radius 3 is 2.81 bits per heavy atom. The predicted molar refractivity (Wildman–Crippen MR) is 61.9 cm³/mol. The molecule has 0 radical (unpaired) electrons. The molecule has 4 nitrogen and oxygen atoms in total. The van der Waals surface area contributed by atoms with Gasteiger partial charge in [0, 0.05) is 11.1 Å². The zero-order chi connectivity index (χ0) is 11.3. The van der Waals surface area contributed by atoms with Crippen LogP contribution in [0.5, 0.6) is 17.2 Å². The van der Waals surface area contributed by atoms with Gasteiger partial charge in [0.2, 0.25) is 6.79 Å². The molecule has 0 unspecified atom stereocenters. The number of benzene rings is 1. The van der Waals surface area contributed by atoms with Crippen molar-refractivity contribution in [3.8, 4) is 17.2 Å². The summed E-state index contributed by atoms with van der Waals surface area (Å²) in [4.78, 5) is 0. The van der Waals surface area contributed by atoms with E-state index in [4.69, 9.17) is 19.9 Å². The Labute approximate surface area is 102 Å². The summed E-state index contributed by atoms with van der Waals surface area (Å²) >= 11 is 3.48. The fraction of sp³-hybridized carbons (Fsp3) is 0.455. The van der Waals surface area contributed by atoms with Crippen LogP contribution in [0.2, 0.25) is 0 Å². The van der Waals surface area contributed by atoms with Gasteiger partial charge in [0.05, 0.1) is 7.11 Å². The van der Waals surface area contributed by atoms with Gasteiger partial charge in [-0.05, 0) is 34.8 Å². The highest BCUT2D eigenvalue weighted by Crippen LogP contribution is 2.54. The number of fused-ring (bicyclic) bond motifs is 1. The minimum Gasteiger partial charge on any atom is -0.495 e. The quantitative estimate of drug-likeness (QED) is 0.905. The van der Waals surface area contributed by atoms with Crippen LogP contribution in [-0.4, -0.2) is 13.9 Å². The Bertz CT molecular complexity index is 457. The molecule has 1 heterocycles. The van der Waals surface area contributed by atoms with E-state index >= 15 is 0 Å². The lowest BCUT2D eigenvalue weighted by molar-refractivity contribution is 0.173. The average Bonchev–Trinajstić information content (AvgIpc) is 2.84. The van der Waals surface area contributed by atoms with E-state index in [1.54, 1.807) is 7.11 Å². The van der Waals surface area contributed by atoms with Crippen LogP contribution in [0.1, 0.15) is 18.4 Å². The highest BCUT2D eigenvalue weighted by Gasteiger charge is 2.44. The third-order valence-corrected chi connectivity index (χ3v) is 3.81. The average molecular weight is 286 g/mol. The van der Waals surface area contributed by atoms with E-state index in [1.165, 1.54) is 0 Å². The molecule has 3 rings (SSSR count). The van der Waals surface area contributed by atoms with Crippen molar-refractivity contribution in [2.75, 3.05) is 13.9 Å². The lowest BCUT2D eigenvalue weighted by Crippen LogP contribution is -2.19. The van der Waals surface area contributed by atoms with Gasteiger partial charge in [0.25, 0.3) is 0 Å². The Morgan fingerprint density at radius 2 is 2.19 bits per heavy atom. The van der Waals surface area contributed by atoms with Crippen LogP contribution >= 0.6 is 15.9 Å². The van der Waals surface area contributed by atoms with E-state index in [0.29, 0.717) is 5.75 Å². The van der Waals surface area contributed by atoms with Crippen molar-refractivity contribution in [3.63, 3.8) is 0 Å². The lowest BCUT2D eigenvalue weighted by atomic mass is 10.0. The standard InChI is InChI=1S/C11H12BrNO3/c1-14-9-6(11(13)2-3-11)4-7-10(8(9)12)16-5-15-7/h4H,2-3,5,13H2,1H3. The summed E-state index contributed by atoms with van der Waals surface area (Å²) in [6, 6.07) is 1.93. The van der Waals surface area contributed by atoms with Crippen molar-refractivity contribution in [3.05, 3.63) is 16.1 Å². The highest BCUT2D eigenvalue weighted by atomic mass is 79.9. The molecule has 0 bridgehead atoms. The number of ether oxygens (including phenoxy) is 3. The first-order valence-electron chi connectivity index (χ1n) is 5.11. The number of hydrogen-bond acceptors (Lipinski definition) is 4. The van der Waals surface area contributed by atoms with Gasteiger partial charge >= 0.3 is 0 Å². The fourth-order valence-electron chi connectivity index (χ4n) is 1.96. The Morgan fingerprint density at radius 1 is 1.44 bits per heavy atom. The van der Waals surface area contributed by atoms with Crippen molar-refractivity contribution in [1.82, 2.24) is 0 Å². The van der Waals surface area contributed by atoms with E-state index in [-0.39, 0.29) is 12.3 Å². The van der Waals surface area contributed by atoms with Gasteiger partial charge in [0.15, 0.2) is 11.5 Å². The van der Waals surface area contributed by atoms with Gasteiger partial charge in [-0.25, -0.2) is 0 Å². The Hall–Kier alpha value is -0.940. The predicted octanol–water partition coefficient (Wildman–Crippen LogP) is 2.13. The van der Waals surface area contributed by atoms with Crippen molar-refractivity contribution in [2.24, 2.45) is 5.73 Å². The molecule has 1 fully saturated rings. The number of rotatable bonds is 2. The van der Waals surface area contributed by atoms with E-state index in [2.05, 4.69) is 15.9 Å². The van der Waals surface area contributed by atoms with Crippen LogP contribution in [0.4, 0.5) is 0 Å². The van der Waals surface area contributed by atoms with E-state index in [9.17, 15) is 0 Å². The molecule has 0 aromatic heterocycles. The molecule has 5 heteroatoms. The van der Waals surface area contributed by atoms with Crippen LogP contribution in [0.25, 0.3) is 0 Å². The zero-order valence-corrected chi connectivity index (χ0v) is 10.5. The third-order valence-electron chi connectivity index (χ3n) is 3.09. The number of halogens is 1. The molecule has 0 atom stereocenters. The fourth-order valence-corrected chi connectivity index (χ4v) is 2.64. The maximum atomic E-state index is 6.21. The van der Waals surface area contributed by atoms with E-state index in [0.717, 1.165) is 34.4 Å². The molecule has 2 aliphatic rings. The van der Waals surface area contributed by atoms with Gasteiger partial charge in [0.1, 0.15) is 10.2 Å². The summed E-state index contributed by atoms with van der Waals surface area (Å²) in [5.41, 5.74) is 6.95. The van der Waals surface area contributed by atoms with Crippen molar-refractivity contribution >= 4 is 15.9 Å². The van der Waals surface area contributed by atoms with Crippen LogP contribution in [0.3, 0.4) is 0 Å². The van der Waals surface area contributed by atoms with Crippen LogP contribution < -0.4 is 19.9 Å². The highest BCUT2D eigenvalue weighted by molar-refractivity contribution is 9.10. The number of methoxy groups -OCH3 is 1. The third kappa shape index (κ3) is 1.31. The Balaban J connectivity index is 2.21. The van der Waals surface area contributed by atoms with Crippen molar-refractivity contribution in [1.29, 1.82) is 0 Å². The summed E-state index contributed by atoms with van der Waals surface area (Å²) in [5.74, 6) is 2.19. The Kier molecular flexibility index (Phi) is 2.09. The molecule has 0 spiro atoms. The maximum Gasteiger partial charge on any atom is 0.231 e. The number of hydrogen-bond donors (Lipinski definition) is 1. The lowest BCUT2D eigenvalue weighted by Gasteiger charge is -2.16. The van der Waals surface area contributed by atoms with Gasteiger partial charge in [-0.2, -0.15) is 0 Å². The second kappa shape index (κ2) is 3.28. The minimum absolute atomic E-state index is 0.248. The molecule has 1 aromatic carbocycles. The van der Waals surface area contributed by atoms with Crippen molar-refractivity contribution < 1.29 is 14.2 Å². The first-order valence-corrected chi connectivity index (χ1v) is 5.90. The van der Waals surface area contributed by atoms with Gasteiger partial charge < -0.3 is 19.9 Å². The first kappa shape index (κ1) is 10.2. The van der Waals surface area contributed by atoms with Crippen LogP contribution in [0, 0.1) is 0 Å². The second-order valence-electron chi connectivity index (χ2n) is 4.16. The minimum atomic E-state index is -0.255. The molecule has 1 aliphatic heterocycles. The van der Waals surface area contributed by atoms with Gasteiger partial charge in [-0.1, -0.05) is 0 Å². The zero-order valence-electron chi connectivity index (χ0n) is 8.88. The molecular weight excluding hydrogens is 274 g/mol. The topological polar surface area (TPSA) is 53.7 Å². The normalized spacial score (nSPS) is 19.7. The maximum absolute atomic E-state index is 6.21. The smallest absolute Gasteiger partial charge is 0.231 e.